The van der Waals surface area contributed by atoms with E-state index in [2.05, 4.69) is 79.8 Å². The first kappa shape index (κ1) is 30.1. The molecule has 0 N–H and O–H groups in total. The van der Waals surface area contributed by atoms with Gasteiger partial charge in [0.1, 0.15) is 11.5 Å². The van der Waals surface area contributed by atoms with E-state index >= 15 is 0 Å². The smallest absolute Gasteiger partial charge is 0.343 e. The highest BCUT2D eigenvalue weighted by atomic mass is 16.5. The maximum atomic E-state index is 12.7. The molecule has 0 saturated carbocycles. The molecule has 5 rings (SSSR count). The number of allylic oxidation sites excluding steroid dienone is 4. The molecule has 0 saturated heterocycles. The van der Waals surface area contributed by atoms with Crippen LogP contribution in [-0.2, 0) is 0 Å². The fourth-order valence-electron chi connectivity index (χ4n) is 5.40. The van der Waals surface area contributed by atoms with Gasteiger partial charge in [0.05, 0.1) is 12.2 Å². The summed E-state index contributed by atoms with van der Waals surface area (Å²) >= 11 is 0. The number of unbranched alkanes of at least 4 members (excludes halogenated alkanes) is 7. The van der Waals surface area contributed by atoms with Gasteiger partial charge in [-0.3, -0.25) is 0 Å². The summed E-state index contributed by atoms with van der Waals surface area (Å²) < 4.78 is 11.5. The predicted octanol–water partition coefficient (Wildman–Crippen LogP) is 11.0. The molecule has 0 spiro atoms. The van der Waals surface area contributed by atoms with Gasteiger partial charge in [-0.2, -0.15) is 0 Å². The number of hydrogen-bond donors (Lipinski definition) is 0. The van der Waals surface area contributed by atoms with E-state index in [1.807, 2.05) is 36.4 Å². The quantitative estimate of drug-likeness (QED) is 0.0810. The largest absolute Gasteiger partial charge is 0.494 e. The minimum atomic E-state index is -0.377. The van der Waals surface area contributed by atoms with Gasteiger partial charge in [0.25, 0.3) is 0 Å². The van der Waals surface area contributed by atoms with Gasteiger partial charge in [-0.25, -0.2) is 4.79 Å². The maximum absolute atomic E-state index is 12.7. The minimum Gasteiger partial charge on any atom is -0.494 e. The molecule has 0 amide bonds. The summed E-state index contributed by atoms with van der Waals surface area (Å²) in [5, 5.41) is 0. The molecule has 220 valence electrons. The molecule has 4 aromatic rings. The highest BCUT2D eigenvalue weighted by molar-refractivity contribution is 5.91. The Bertz CT molecular complexity index is 1470. The zero-order valence-corrected chi connectivity index (χ0v) is 25.2. The van der Waals surface area contributed by atoms with E-state index in [1.165, 1.54) is 61.6 Å². The van der Waals surface area contributed by atoms with Crippen LogP contribution in [0.25, 0.3) is 22.3 Å². The van der Waals surface area contributed by atoms with Gasteiger partial charge in [0.2, 0.25) is 0 Å². The molecule has 0 aliphatic heterocycles. The average molecular weight is 571 g/mol. The molecule has 0 fully saturated rings. The molecular weight excluding hydrogens is 528 g/mol. The van der Waals surface area contributed by atoms with Crippen molar-refractivity contribution in [1.82, 2.24) is 0 Å². The van der Waals surface area contributed by atoms with Crippen LogP contribution in [0.5, 0.6) is 11.5 Å². The molecule has 0 unspecified atom stereocenters. The number of ether oxygens (including phenoxy) is 2. The average Bonchev–Trinajstić information content (AvgIpc) is 3.60. The fraction of sp³-hybridized carbons (Fsp3) is 0.275. The monoisotopic (exact) mass is 570 g/mol. The van der Waals surface area contributed by atoms with Crippen LogP contribution in [-0.4, -0.2) is 12.6 Å². The zero-order chi connectivity index (χ0) is 29.7. The molecule has 1 aliphatic carbocycles. The summed E-state index contributed by atoms with van der Waals surface area (Å²) in [5.41, 5.74) is 6.38. The van der Waals surface area contributed by atoms with Crippen molar-refractivity contribution < 1.29 is 14.3 Å². The van der Waals surface area contributed by atoms with Crippen molar-refractivity contribution in [3.8, 4) is 33.8 Å². The van der Waals surface area contributed by atoms with Crippen LogP contribution < -0.4 is 9.47 Å². The molecule has 0 radical (unpaired) electrons. The number of esters is 1. The van der Waals surface area contributed by atoms with Gasteiger partial charge in [0, 0.05) is 5.92 Å². The second kappa shape index (κ2) is 15.7. The highest BCUT2D eigenvalue weighted by Gasteiger charge is 2.10. The van der Waals surface area contributed by atoms with E-state index in [0.717, 1.165) is 23.3 Å². The van der Waals surface area contributed by atoms with Crippen molar-refractivity contribution in [2.45, 2.75) is 64.2 Å². The van der Waals surface area contributed by atoms with Gasteiger partial charge < -0.3 is 9.47 Å². The SMILES string of the molecule is CCCCCCCCCCOc1ccc(C(=O)Oc2ccc(-c3ccc(-c4ccc(C5C=CC=C5)cc4)cc3)cc2)cc1. The second-order valence-electron chi connectivity index (χ2n) is 11.3. The Morgan fingerprint density at radius 3 is 1.58 bits per heavy atom. The topological polar surface area (TPSA) is 35.5 Å². The molecular formula is C40H42O3. The van der Waals surface area contributed by atoms with Gasteiger partial charge in [-0.1, -0.05) is 137 Å². The normalized spacial score (nSPS) is 12.5. The van der Waals surface area contributed by atoms with Crippen molar-refractivity contribution in [3.63, 3.8) is 0 Å². The Hall–Kier alpha value is -4.37. The third kappa shape index (κ3) is 8.81. The van der Waals surface area contributed by atoms with Crippen LogP contribution in [0, 0.1) is 0 Å². The van der Waals surface area contributed by atoms with Crippen LogP contribution in [0.4, 0.5) is 0 Å². The molecule has 0 heterocycles. The molecule has 3 heteroatoms. The molecule has 3 nitrogen and oxygen atoms in total. The first-order valence-corrected chi connectivity index (χ1v) is 15.8. The van der Waals surface area contributed by atoms with E-state index in [0.29, 0.717) is 23.8 Å². The maximum Gasteiger partial charge on any atom is 0.343 e. The van der Waals surface area contributed by atoms with Crippen LogP contribution in [0.1, 0.15) is 80.1 Å². The zero-order valence-electron chi connectivity index (χ0n) is 25.2. The third-order valence-corrected chi connectivity index (χ3v) is 8.02. The Kier molecular flexibility index (Phi) is 11.0. The van der Waals surface area contributed by atoms with E-state index in [4.69, 9.17) is 9.47 Å². The summed E-state index contributed by atoms with van der Waals surface area (Å²) in [6.07, 6.45) is 18.8. The number of carbonyl (C=O) groups excluding carboxylic acids is 1. The lowest BCUT2D eigenvalue weighted by atomic mass is 9.96. The van der Waals surface area contributed by atoms with Crippen molar-refractivity contribution in [2.24, 2.45) is 0 Å². The standard InChI is InChI=1S/C40H42O3/c1-2-3-4-5-6-7-8-11-30-42-38-26-24-37(25-27-38)40(41)43-39-28-22-36(23-29-39)35-20-18-34(19-21-35)33-16-14-32(15-17-33)31-12-9-10-13-31/h9-10,12-29,31H,2-8,11,30H2,1H3. The Labute approximate surface area is 256 Å². The van der Waals surface area contributed by atoms with Gasteiger partial charge in [-0.15, -0.1) is 0 Å². The van der Waals surface area contributed by atoms with E-state index < -0.39 is 0 Å². The fourth-order valence-corrected chi connectivity index (χ4v) is 5.40. The summed E-state index contributed by atoms with van der Waals surface area (Å²) in [5.74, 6) is 1.31. The lowest BCUT2D eigenvalue weighted by Crippen LogP contribution is -2.08. The van der Waals surface area contributed by atoms with Crippen LogP contribution in [0.3, 0.4) is 0 Å². The summed E-state index contributed by atoms with van der Waals surface area (Å²) in [4.78, 5) is 12.7. The van der Waals surface area contributed by atoms with E-state index in [-0.39, 0.29) is 5.97 Å². The first-order valence-electron chi connectivity index (χ1n) is 15.8. The molecule has 0 aromatic heterocycles. The Balaban J connectivity index is 1.07. The number of hydrogen-bond acceptors (Lipinski definition) is 3. The second-order valence-corrected chi connectivity index (χ2v) is 11.3. The van der Waals surface area contributed by atoms with Crippen LogP contribution >= 0.6 is 0 Å². The number of rotatable bonds is 15. The van der Waals surface area contributed by atoms with Crippen molar-refractivity contribution in [1.29, 1.82) is 0 Å². The van der Waals surface area contributed by atoms with Crippen LogP contribution in [0.2, 0.25) is 0 Å². The minimum absolute atomic E-state index is 0.377. The van der Waals surface area contributed by atoms with Crippen molar-refractivity contribution >= 4 is 5.97 Å². The molecule has 0 atom stereocenters. The van der Waals surface area contributed by atoms with Crippen molar-refractivity contribution in [2.75, 3.05) is 6.61 Å². The van der Waals surface area contributed by atoms with E-state index in [9.17, 15) is 4.79 Å². The van der Waals surface area contributed by atoms with Gasteiger partial charge in [0.15, 0.2) is 0 Å². The predicted molar refractivity (Wildman–Crippen MR) is 178 cm³/mol. The summed E-state index contributed by atoms with van der Waals surface area (Å²) in [6, 6.07) is 32.2. The number of carbonyl (C=O) groups is 1. The van der Waals surface area contributed by atoms with Gasteiger partial charge in [-0.05, 0) is 70.6 Å². The van der Waals surface area contributed by atoms with Crippen LogP contribution in [0.15, 0.2) is 121 Å². The first-order chi connectivity index (χ1) is 21.2. The highest BCUT2D eigenvalue weighted by Crippen LogP contribution is 2.29. The lowest BCUT2D eigenvalue weighted by Gasteiger charge is -2.09. The summed E-state index contributed by atoms with van der Waals surface area (Å²) in [6.45, 7) is 2.96. The third-order valence-electron chi connectivity index (χ3n) is 8.02. The van der Waals surface area contributed by atoms with Gasteiger partial charge >= 0.3 is 5.97 Å². The molecule has 4 aromatic carbocycles. The molecule has 1 aliphatic rings. The molecule has 43 heavy (non-hydrogen) atoms. The Morgan fingerprint density at radius 2 is 1.02 bits per heavy atom. The van der Waals surface area contributed by atoms with Crippen molar-refractivity contribution in [3.05, 3.63) is 132 Å². The Morgan fingerprint density at radius 1 is 0.558 bits per heavy atom. The number of benzene rings is 4. The van der Waals surface area contributed by atoms with E-state index in [1.54, 1.807) is 12.1 Å². The summed E-state index contributed by atoms with van der Waals surface area (Å²) in [7, 11) is 0. The molecule has 0 bridgehead atoms. The lowest BCUT2D eigenvalue weighted by molar-refractivity contribution is 0.0734.